The van der Waals surface area contributed by atoms with Crippen LogP contribution in [-0.4, -0.2) is 51.3 Å². The molecule has 6 heteroatoms. The maximum absolute atomic E-state index is 13.6. The Kier molecular flexibility index (Phi) is 3.99. The van der Waals surface area contributed by atoms with E-state index >= 15 is 0 Å². The van der Waals surface area contributed by atoms with Gasteiger partial charge in [0.15, 0.2) is 5.54 Å². The van der Waals surface area contributed by atoms with E-state index in [4.69, 9.17) is 0 Å². The Balaban J connectivity index is 1.54. The number of aromatic amines is 1. The largest absolute Gasteiger partial charge is 0.387 e. The van der Waals surface area contributed by atoms with E-state index < -0.39 is 11.6 Å². The number of para-hydroxylation sites is 1. The molecule has 3 aromatic rings. The van der Waals surface area contributed by atoms with E-state index in [-0.39, 0.29) is 24.9 Å². The molecule has 0 radical (unpaired) electrons. The number of nitrogens with one attached hydrogen (secondary N) is 1. The lowest BCUT2D eigenvalue weighted by Crippen LogP contribution is -2.67. The van der Waals surface area contributed by atoms with Crippen molar-refractivity contribution in [1.82, 2.24) is 14.8 Å². The third-order valence-electron chi connectivity index (χ3n) is 6.33. The molecule has 2 aliphatic heterocycles. The fourth-order valence-corrected chi connectivity index (χ4v) is 4.82. The van der Waals surface area contributed by atoms with Gasteiger partial charge in [0, 0.05) is 17.4 Å². The van der Waals surface area contributed by atoms with Gasteiger partial charge in [0.25, 0.3) is 5.91 Å². The first-order chi connectivity index (χ1) is 14.0. The van der Waals surface area contributed by atoms with Crippen molar-refractivity contribution >= 4 is 22.7 Å². The summed E-state index contributed by atoms with van der Waals surface area (Å²) in [7, 11) is 0. The Morgan fingerprint density at radius 3 is 2.62 bits per heavy atom. The normalized spacial score (nSPS) is 22.6. The number of benzene rings is 2. The minimum Gasteiger partial charge on any atom is -0.387 e. The smallest absolute Gasteiger partial charge is 0.255 e. The average molecular weight is 389 g/mol. The number of nitrogens with zero attached hydrogens (tertiary/aromatic N) is 2. The predicted molar refractivity (Wildman–Crippen MR) is 109 cm³/mol. The van der Waals surface area contributed by atoms with Crippen LogP contribution in [0.15, 0.2) is 54.6 Å². The molecule has 5 rings (SSSR count). The van der Waals surface area contributed by atoms with Crippen LogP contribution in [0.5, 0.6) is 0 Å². The van der Waals surface area contributed by atoms with Gasteiger partial charge < -0.3 is 19.9 Å². The van der Waals surface area contributed by atoms with Gasteiger partial charge >= 0.3 is 0 Å². The van der Waals surface area contributed by atoms with Crippen LogP contribution < -0.4 is 0 Å². The Bertz CT molecular complexity index is 1110. The molecule has 0 saturated carbocycles. The summed E-state index contributed by atoms with van der Waals surface area (Å²) in [4.78, 5) is 33.2. The molecule has 1 aromatic heterocycles. The highest BCUT2D eigenvalue weighted by molar-refractivity contribution is 6.00. The van der Waals surface area contributed by atoms with Gasteiger partial charge in [-0.3, -0.25) is 9.59 Å². The fraction of sp³-hybridized carbons (Fsp3) is 0.304. The Morgan fingerprint density at radius 1 is 1.10 bits per heavy atom. The monoisotopic (exact) mass is 389 g/mol. The molecule has 0 spiro atoms. The van der Waals surface area contributed by atoms with Crippen LogP contribution in [0.3, 0.4) is 0 Å². The molecule has 0 bridgehead atoms. The van der Waals surface area contributed by atoms with Crippen LogP contribution >= 0.6 is 0 Å². The zero-order valence-corrected chi connectivity index (χ0v) is 16.3. The minimum absolute atomic E-state index is 0.00607. The topological polar surface area (TPSA) is 76.6 Å². The van der Waals surface area contributed by atoms with E-state index in [1.807, 2.05) is 55.5 Å². The molecular formula is C23H23N3O3. The molecule has 1 unspecified atom stereocenters. The van der Waals surface area contributed by atoms with Crippen molar-refractivity contribution in [2.45, 2.75) is 25.0 Å². The van der Waals surface area contributed by atoms with Gasteiger partial charge in [0.05, 0.1) is 24.9 Å². The highest BCUT2D eigenvalue weighted by Crippen LogP contribution is 2.42. The van der Waals surface area contributed by atoms with Gasteiger partial charge in [-0.05, 0) is 30.5 Å². The summed E-state index contributed by atoms with van der Waals surface area (Å²) in [5.74, 6) is -0.240. The second-order valence-corrected chi connectivity index (χ2v) is 8.00. The third kappa shape index (κ3) is 2.59. The quantitative estimate of drug-likeness (QED) is 0.722. The number of β-amino-alcohol motifs (C(OH)–C–C–N with tert-alkyl or cyclic N) is 1. The molecule has 0 aliphatic carbocycles. The summed E-state index contributed by atoms with van der Waals surface area (Å²) < 4.78 is 0. The summed E-state index contributed by atoms with van der Waals surface area (Å²) in [6.07, 6.45) is -0.116. The number of amides is 2. The van der Waals surface area contributed by atoms with Crippen LogP contribution in [-0.2, 0) is 21.5 Å². The van der Waals surface area contributed by atoms with E-state index in [1.165, 1.54) is 4.90 Å². The van der Waals surface area contributed by atoms with Crippen molar-refractivity contribution < 1.29 is 14.7 Å². The van der Waals surface area contributed by atoms with E-state index in [2.05, 4.69) is 11.1 Å². The maximum Gasteiger partial charge on any atom is 0.255 e. The van der Waals surface area contributed by atoms with Gasteiger partial charge in [-0.1, -0.05) is 48.5 Å². The summed E-state index contributed by atoms with van der Waals surface area (Å²) in [5, 5.41) is 11.7. The van der Waals surface area contributed by atoms with Crippen LogP contribution in [0, 0.1) is 0 Å². The summed E-state index contributed by atoms with van der Waals surface area (Å²) >= 11 is 0. The number of aliphatic hydroxyl groups is 1. The zero-order chi connectivity index (χ0) is 20.2. The fourth-order valence-electron chi connectivity index (χ4n) is 4.82. The van der Waals surface area contributed by atoms with Gasteiger partial charge in [-0.15, -0.1) is 0 Å². The van der Waals surface area contributed by atoms with E-state index in [0.29, 0.717) is 6.54 Å². The molecule has 29 heavy (non-hydrogen) atoms. The SMILES string of the molecule is C[C@]12C(=O)N(CC(O)c3ccccc3)CC(=O)N1CCc1c2[nH]c2ccccc12. The first-order valence-electron chi connectivity index (χ1n) is 9.93. The van der Waals surface area contributed by atoms with Gasteiger partial charge in [-0.25, -0.2) is 0 Å². The van der Waals surface area contributed by atoms with Gasteiger partial charge in [0.2, 0.25) is 5.91 Å². The number of fused-ring (bicyclic) bond motifs is 5. The molecule has 1 saturated heterocycles. The second-order valence-electron chi connectivity index (χ2n) is 8.00. The number of H-pyrrole nitrogens is 1. The van der Waals surface area contributed by atoms with Gasteiger partial charge in [-0.2, -0.15) is 0 Å². The van der Waals surface area contributed by atoms with E-state index in [0.717, 1.165) is 34.1 Å². The highest BCUT2D eigenvalue weighted by atomic mass is 16.3. The number of aromatic nitrogens is 1. The lowest BCUT2D eigenvalue weighted by Gasteiger charge is -2.49. The highest BCUT2D eigenvalue weighted by Gasteiger charge is 2.54. The number of hydrogen-bond acceptors (Lipinski definition) is 3. The molecule has 1 fully saturated rings. The minimum atomic E-state index is -1.08. The first kappa shape index (κ1) is 17.9. The predicted octanol–water partition coefficient (Wildman–Crippen LogP) is 2.34. The number of piperazine rings is 1. The van der Waals surface area contributed by atoms with Crippen molar-refractivity contribution in [3.63, 3.8) is 0 Å². The third-order valence-corrected chi connectivity index (χ3v) is 6.33. The van der Waals surface area contributed by atoms with Crippen molar-refractivity contribution in [1.29, 1.82) is 0 Å². The molecule has 2 aliphatic rings. The first-order valence-corrected chi connectivity index (χ1v) is 9.93. The Labute approximate surface area is 168 Å². The Morgan fingerprint density at radius 2 is 1.83 bits per heavy atom. The van der Waals surface area contributed by atoms with Crippen LogP contribution in [0.1, 0.15) is 29.8 Å². The molecule has 3 heterocycles. The molecule has 2 N–H and O–H groups in total. The zero-order valence-electron chi connectivity index (χ0n) is 16.3. The van der Waals surface area contributed by atoms with Gasteiger partial charge in [0.1, 0.15) is 0 Å². The van der Waals surface area contributed by atoms with Crippen molar-refractivity contribution in [3.05, 3.63) is 71.4 Å². The summed E-state index contributed by atoms with van der Waals surface area (Å²) in [5.41, 5.74) is 2.52. The lowest BCUT2D eigenvalue weighted by atomic mass is 9.83. The number of carbonyl (C=O) groups excluding carboxylic acids is 2. The maximum atomic E-state index is 13.6. The average Bonchev–Trinajstić information content (AvgIpc) is 3.13. The summed E-state index contributed by atoms with van der Waals surface area (Å²) in [6.45, 7) is 2.42. The molecule has 6 nitrogen and oxygen atoms in total. The number of rotatable bonds is 3. The van der Waals surface area contributed by atoms with Crippen molar-refractivity contribution in [2.24, 2.45) is 0 Å². The van der Waals surface area contributed by atoms with Crippen LogP contribution in [0.25, 0.3) is 10.9 Å². The molecule has 2 amide bonds. The molecule has 2 atom stereocenters. The van der Waals surface area contributed by atoms with Crippen LogP contribution in [0.2, 0.25) is 0 Å². The number of aliphatic hydroxyl groups excluding tert-OH is 1. The lowest BCUT2D eigenvalue weighted by molar-refractivity contribution is -0.167. The molecule has 2 aromatic carbocycles. The molecular weight excluding hydrogens is 366 g/mol. The van der Waals surface area contributed by atoms with Crippen molar-refractivity contribution in [2.75, 3.05) is 19.6 Å². The Hall–Kier alpha value is -3.12. The number of hydrogen-bond donors (Lipinski definition) is 2. The molecule has 148 valence electrons. The second kappa shape index (κ2) is 6.46. The van der Waals surface area contributed by atoms with Crippen molar-refractivity contribution in [3.8, 4) is 0 Å². The van der Waals surface area contributed by atoms with Crippen LogP contribution in [0.4, 0.5) is 0 Å². The van der Waals surface area contributed by atoms with E-state index in [1.54, 1.807) is 4.90 Å². The van der Waals surface area contributed by atoms with E-state index in [9.17, 15) is 14.7 Å². The number of carbonyl (C=O) groups is 2. The summed E-state index contributed by atoms with van der Waals surface area (Å²) in [6, 6.07) is 17.2. The standard InChI is InChI=1S/C23H23N3O3/c1-23-21-17(16-9-5-6-10-18(16)24-21)11-12-26(23)20(28)14-25(22(23)29)13-19(27)15-7-3-2-4-8-15/h2-10,19,24,27H,11-14H2,1H3/t19?,23-/m0/s1.